The lowest BCUT2D eigenvalue weighted by Crippen LogP contribution is -2.21. The summed E-state index contributed by atoms with van der Waals surface area (Å²) in [5, 5.41) is 19.6. The number of nitrogens with one attached hydrogen (secondary N) is 2. The minimum atomic E-state index is -0.642. The first-order valence-corrected chi connectivity index (χ1v) is 6.61. The van der Waals surface area contributed by atoms with Gasteiger partial charge in [-0.1, -0.05) is 0 Å². The summed E-state index contributed by atoms with van der Waals surface area (Å²) in [6, 6.07) is 11.4. The van der Waals surface area contributed by atoms with Gasteiger partial charge in [-0.2, -0.15) is 10.4 Å². The zero-order valence-electron chi connectivity index (χ0n) is 12.4. The molecule has 1 aromatic heterocycles. The van der Waals surface area contributed by atoms with Crippen molar-refractivity contribution in [3.63, 3.8) is 0 Å². The molecule has 2 rings (SSSR count). The van der Waals surface area contributed by atoms with E-state index < -0.39 is 11.7 Å². The van der Waals surface area contributed by atoms with Crippen LogP contribution < -0.4 is 21.6 Å². The lowest BCUT2D eigenvalue weighted by Gasteiger charge is -2.07. The molecule has 1 amide bonds. The van der Waals surface area contributed by atoms with Gasteiger partial charge in [-0.05, 0) is 30.3 Å². The molecule has 120 valence electrons. The monoisotopic (exact) mass is 323 g/mol. The highest BCUT2D eigenvalue weighted by atomic mass is 16.5. The number of nitrogens with two attached hydrogens (primary N) is 2. The van der Waals surface area contributed by atoms with Gasteiger partial charge in [0.25, 0.3) is 5.91 Å². The molecule has 24 heavy (non-hydrogen) atoms. The van der Waals surface area contributed by atoms with Crippen LogP contribution >= 0.6 is 0 Å². The van der Waals surface area contributed by atoms with Crippen LogP contribution in [0.5, 0.6) is 11.5 Å². The van der Waals surface area contributed by atoms with Gasteiger partial charge in [-0.3, -0.25) is 20.6 Å². The number of amidine groups is 1. The molecule has 0 fully saturated rings. The summed E-state index contributed by atoms with van der Waals surface area (Å²) in [4.78, 5) is 14.9. The number of benzene rings is 1. The van der Waals surface area contributed by atoms with Crippen LogP contribution in [0.15, 0.2) is 47.7 Å². The second-order valence-corrected chi connectivity index (χ2v) is 4.47. The third-order valence-electron chi connectivity index (χ3n) is 2.73. The summed E-state index contributed by atoms with van der Waals surface area (Å²) >= 11 is 0. The van der Waals surface area contributed by atoms with Crippen LogP contribution in [0.3, 0.4) is 0 Å². The molecule has 2 aromatic rings. The smallest absolute Gasteiger partial charge is 0.267 e. The van der Waals surface area contributed by atoms with Crippen molar-refractivity contribution in [3.8, 4) is 17.6 Å². The first kappa shape index (κ1) is 16.4. The van der Waals surface area contributed by atoms with Crippen LogP contribution in [0.25, 0.3) is 0 Å². The van der Waals surface area contributed by atoms with Gasteiger partial charge in [0.15, 0.2) is 5.84 Å². The van der Waals surface area contributed by atoms with Gasteiger partial charge < -0.3 is 16.2 Å². The van der Waals surface area contributed by atoms with Gasteiger partial charge >= 0.3 is 0 Å². The minimum absolute atomic E-state index is 0.105. The van der Waals surface area contributed by atoms with Crippen molar-refractivity contribution in [2.45, 2.75) is 0 Å². The Kier molecular flexibility index (Phi) is 5.05. The first-order chi connectivity index (χ1) is 11.5. The molecular formula is C15H13N7O2. The summed E-state index contributed by atoms with van der Waals surface area (Å²) in [5.41, 5.74) is 13.4. The van der Waals surface area contributed by atoms with Crippen LogP contribution in [-0.4, -0.2) is 22.4 Å². The zero-order valence-corrected chi connectivity index (χ0v) is 12.4. The SMILES string of the molecule is N#C/C(=N\Nc1ccc(Oc2ccnc(C(N)=O)c2)cc1)C(=N)N. The average Bonchev–Trinajstić information content (AvgIpc) is 2.57. The molecule has 6 N–H and O–H groups in total. The van der Waals surface area contributed by atoms with E-state index in [0.717, 1.165) is 0 Å². The van der Waals surface area contributed by atoms with Crippen molar-refractivity contribution in [2.24, 2.45) is 16.6 Å². The van der Waals surface area contributed by atoms with E-state index in [2.05, 4.69) is 15.5 Å². The number of amides is 1. The van der Waals surface area contributed by atoms with Gasteiger partial charge in [0, 0.05) is 12.3 Å². The lowest BCUT2D eigenvalue weighted by atomic mass is 10.3. The Morgan fingerprint density at radius 2 is 1.96 bits per heavy atom. The number of hydrazone groups is 1. The number of carbonyl (C=O) groups is 1. The number of primary amides is 1. The Morgan fingerprint density at radius 3 is 2.54 bits per heavy atom. The average molecular weight is 323 g/mol. The third-order valence-corrected chi connectivity index (χ3v) is 2.73. The fraction of sp³-hybridized carbons (Fsp3) is 0. The van der Waals surface area contributed by atoms with Gasteiger partial charge in [0.2, 0.25) is 5.71 Å². The first-order valence-electron chi connectivity index (χ1n) is 6.61. The number of carbonyl (C=O) groups excluding carboxylic acids is 1. The molecule has 0 saturated carbocycles. The molecule has 1 heterocycles. The highest BCUT2D eigenvalue weighted by molar-refractivity contribution is 6.45. The number of hydrogen-bond donors (Lipinski definition) is 4. The fourth-order valence-corrected chi connectivity index (χ4v) is 1.61. The van der Waals surface area contributed by atoms with Crippen molar-refractivity contribution in [2.75, 3.05) is 5.43 Å². The minimum Gasteiger partial charge on any atom is -0.457 e. The predicted octanol–water partition coefficient (Wildman–Crippen LogP) is 1.20. The molecular weight excluding hydrogens is 310 g/mol. The molecule has 9 heteroatoms. The second kappa shape index (κ2) is 7.37. The van der Waals surface area contributed by atoms with E-state index in [0.29, 0.717) is 17.2 Å². The van der Waals surface area contributed by atoms with E-state index in [9.17, 15) is 4.79 Å². The second-order valence-electron chi connectivity index (χ2n) is 4.47. The molecule has 0 spiro atoms. The van der Waals surface area contributed by atoms with Crippen LogP contribution in [0.1, 0.15) is 10.5 Å². The number of nitriles is 1. The number of nitrogens with zero attached hydrogens (tertiary/aromatic N) is 3. The van der Waals surface area contributed by atoms with Gasteiger partial charge in [0.1, 0.15) is 23.3 Å². The molecule has 0 radical (unpaired) electrons. The molecule has 0 aliphatic rings. The Labute approximate surface area is 137 Å². The molecule has 0 bridgehead atoms. The van der Waals surface area contributed by atoms with Crippen LogP contribution in [0, 0.1) is 16.7 Å². The number of anilines is 1. The Hall–Kier alpha value is -3.93. The highest BCUT2D eigenvalue weighted by Crippen LogP contribution is 2.23. The number of rotatable bonds is 6. The maximum absolute atomic E-state index is 11.1. The Balaban J connectivity index is 2.07. The predicted molar refractivity (Wildman–Crippen MR) is 87.9 cm³/mol. The molecule has 0 aliphatic heterocycles. The van der Waals surface area contributed by atoms with Crippen molar-refractivity contribution >= 4 is 23.1 Å². The number of aromatic nitrogens is 1. The number of pyridine rings is 1. The van der Waals surface area contributed by atoms with Crippen molar-refractivity contribution in [3.05, 3.63) is 48.3 Å². The fourth-order valence-electron chi connectivity index (χ4n) is 1.61. The van der Waals surface area contributed by atoms with Gasteiger partial charge in [-0.15, -0.1) is 0 Å². The van der Waals surface area contributed by atoms with Crippen molar-refractivity contribution in [1.82, 2.24) is 4.98 Å². The number of hydrogen-bond acceptors (Lipinski definition) is 7. The summed E-state index contributed by atoms with van der Waals surface area (Å²) < 4.78 is 5.59. The quantitative estimate of drug-likeness (QED) is 0.354. The normalized spacial score (nSPS) is 10.5. The van der Waals surface area contributed by atoms with Crippen LogP contribution in [-0.2, 0) is 0 Å². The zero-order chi connectivity index (χ0) is 17.5. The van der Waals surface area contributed by atoms with E-state index in [1.165, 1.54) is 12.3 Å². The topological polar surface area (TPSA) is 163 Å². The largest absolute Gasteiger partial charge is 0.457 e. The lowest BCUT2D eigenvalue weighted by molar-refractivity contribution is 0.0995. The highest BCUT2D eigenvalue weighted by Gasteiger charge is 2.05. The molecule has 1 aromatic carbocycles. The molecule has 0 unspecified atom stereocenters. The Morgan fingerprint density at radius 1 is 1.25 bits per heavy atom. The van der Waals surface area contributed by atoms with Crippen molar-refractivity contribution in [1.29, 1.82) is 10.7 Å². The molecule has 0 atom stereocenters. The number of ether oxygens (including phenoxy) is 1. The van der Waals surface area contributed by atoms with E-state index >= 15 is 0 Å². The third kappa shape index (κ3) is 4.28. The van der Waals surface area contributed by atoms with E-state index in [1.54, 1.807) is 36.4 Å². The maximum atomic E-state index is 11.1. The van der Waals surface area contributed by atoms with E-state index in [-0.39, 0.29) is 11.4 Å². The summed E-state index contributed by atoms with van der Waals surface area (Å²) in [5.74, 6) is -0.136. The molecule has 9 nitrogen and oxygen atoms in total. The summed E-state index contributed by atoms with van der Waals surface area (Å²) in [6.45, 7) is 0. The van der Waals surface area contributed by atoms with Crippen LogP contribution in [0.4, 0.5) is 5.69 Å². The van der Waals surface area contributed by atoms with Crippen LogP contribution in [0.2, 0.25) is 0 Å². The van der Waals surface area contributed by atoms with E-state index in [4.69, 9.17) is 26.9 Å². The van der Waals surface area contributed by atoms with Crippen molar-refractivity contribution < 1.29 is 9.53 Å². The molecule has 0 saturated heterocycles. The summed E-state index contributed by atoms with van der Waals surface area (Å²) in [7, 11) is 0. The van der Waals surface area contributed by atoms with E-state index in [1.807, 2.05) is 0 Å². The molecule has 0 aliphatic carbocycles. The Bertz CT molecular complexity index is 838. The summed E-state index contributed by atoms with van der Waals surface area (Å²) in [6.07, 6.45) is 1.42. The standard InChI is InChI=1S/C15H13N7O2/c16-8-13(14(17)18)22-21-9-1-3-10(4-2-9)24-11-5-6-20-12(7-11)15(19)23/h1-7,21H,(H3,17,18)(H2,19,23)/b22-13+. The van der Waals surface area contributed by atoms with Gasteiger partial charge in [0.05, 0.1) is 5.69 Å². The van der Waals surface area contributed by atoms with Gasteiger partial charge in [-0.25, -0.2) is 0 Å². The maximum Gasteiger partial charge on any atom is 0.267 e.